The first-order valence-corrected chi connectivity index (χ1v) is 14.6. The van der Waals surface area contributed by atoms with Crippen molar-refractivity contribution in [2.24, 2.45) is 4.99 Å². The number of amides is 1. The summed E-state index contributed by atoms with van der Waals surface area (Å²) < 4.78 is 1.09. The number of carbonyl (C=O) groups is 1. The highest BCUT2D eigenvalue weighted by Gasteiger charge is 2.40. The van der Waals surface area contributed by atoms with Gasteiger partial charge in [0.15, 0.2) is 0 Å². The Kier molecular flexibility index (Phi) is 7.04. The van der Waals surface area contributed by atoms with E-state index in [1.807, 2.05) is 42.8 Å². The number of phenolic OH excluding ortho intramolecular Hbond substituents is 1. The molecule has 1 fully saturated rings. The van der Waals surface area contributed by atoms with Crippen molar-refractivity contribution in [3.05, 3.63) is 99.6 Å². The maximum absolute atomic E-state index is 11.4. The van der Waals surface area contributed by atoms with Crippen molar-refractivity contribution in [2.45, 2.75) is 43.2 Å². The Morgan fingerprint density at radius 1 is 0.972 bits per heavy atom. The van der Waals surface area contributed by atoms with Crippen molar-refractivity contribution < 1.29 is 15.0 Å². The minimum Gasteiger partial charge on any atom is -0.507 e. The second-order valence-electron chi connectivity index (χ2n) is 9.44. The fraction of sp³-hybridized carbons (Fsp3) is 0.310. The summed E-state index contributed by atoms with van der Waals surface area (Å²) in [5, 5.41) is 25.1. The normalized spacial score (nSPS) is 19.9. The van der Waals surface area contributed by atoms with Crippen molar-refractivity contribution in [3.8, 4) is 5.75 Å². The molecule has 5 nitrogen and oxygen atoms in total. The second-order valence-corrected chi connectivity index (χ2v) is 11.3. The summed E-state index contributed by atoms with van der Waals surface area (Å²) in [4.78, 5) is 16.6. The first kappa shape index (κ1) is 24.8. The molecule has 1 amide bonds. The van der Waals surface area contributed by atoms with Crippen LogP contribution in [0.25, 0.3) is 4.24 Å². The zero-order valence-electron chi connectivity index (χ0n) is 20.4. The molecule has 0 radical (unpaired) electrons. The Morgan fingerprint density at radius 3 is 2.25 bits per heavy atom. The van der Waals surface area contributed by atoms with Gasteiger partial charge in [-0.25, -0.2) is 4.79 Å². The van der Waals surface area contributed by atoms with Gasteiger partial charge in [0.2, 0.25) is 0 Å². The fourth-order valence-corrected chi connectivity index (χ4v) is 6.95. The van der Waals surface area contributed by atoms with Gasteiger partial charge in [0.1, 0.15) is 5.75 Å². The van der Waals surface area contributed by atoms with Crippen LogP contribution < -0.4 is 15.9 Å². The SMILES string of the molecule is CSC(SC)=c1ccc2c(c1O)CC(c1ccccc1)C(c1ccc(C3(NC(=O)O)CCC3)cc1)N=2. The molecule has 1 aliphatic carbocycles. The quantitative estimate of drug-likeness (QED) is 0.400. The zero-order valence-corrected chi connectivity index (χ0v) is 22.0. The first-order chi connectivity index (χ1) is 17.5. The number of benzene rings is 3. The summed E-state index contributed by atoms with van der Waals surface area (Å²) in [6.45, 7) is 0. The van der Waals surface area contributed by atoms with E-state index in [9.17, 15) is 15.0 Å². The summed E-state index contributed by atoms with van der Waals surface area (Å²) in [5.74, 6) is 0.406. The number of hydrogen-bond acceptors (Lipinski definition) is 5. The lowest BCUT2D eigenvalue weighted by molar-refractivity contribution is 0.144. The Hall–Kier alpha value is -2.90. The van der Waals surface area contributed by atoms with E-state index in [1.54, 1.807) is 23.5 Å². The van der Waals surface area contributed by atoms with Crippen LogP contribution in [0.3, 0.4) is 0 Å². The number of aromatic hydroxyl groups is 1. The van der Waals surface area contributed by atoms with Gasteiger partial charge in [-0.15, -0.1) is 23.5 Å². The predicted octanol–water partition coefficient (Wildman–Crippen LogP) is 5.53. The van der Waals surface area contributed by atoms with Gasteiger partial charge < -0.3 is 15.5 Å². The average Bonchev–Trinajstić information content (AvgIpc) is 2.88. The molecule has 0 spiro atoms. The molecule has 5 rings (SSSR count). The van der Waals surface area contributed by atoms with Gasteiger partial charge in [-0.3, -0.25) is 4.99 Å². The van der Waals surface area contributed by atoms with Gasteiger partial charge in [0, 0.05) is 16.7 Å². The van der Waals surface area contributed by atoms with E-state index in [0.29, 0.717) is 12.2 Å². The molecule has 1 saturated carbocycles. The van der Waals surface area contributed by atoms with Crippen LogP contribution in [0.15, 0.2) is 71.7 Å². The third-order valence-electron chi connectivity index (χ3n) is 7.52. The maximum Gasteiger partial charge on any atom is 0.405 e. The van der Waals surface area contributed by atoms with Crippen LogP contribution in [0.5, 0.6) is 5.75 Å². The molecule has 2 atom stereocenters. The zero-order chi connectivity index (χ0) is 25.3. The van der Waals surface area contributed by atoms with Crippen LogP contribution >= 0.6 is 23.5 Å². The van der Waals surface area contributed by atoms with Crippen LogP contribution in [-0.4, -0.2) is 28.8 Å². The molecule has 0 aromatic heterocycles. The Bertz CT molecular complexity index is 1380. The van der Waals surface area contributed by atoms with E-state index in [1.165, 1.54) is 5.56 Å². The molecule has 7 heteroatoms. The maximum atomic E-state index is 11.4. The summed E-state index contributed by atoms with van der Waals surface area (Å²) in [6, 6.07) is 22.6. The van der Waals surface area contributed by atoms with Crippen LogP contribution in [0.1, 0.15) is 53.5 Å². The molecule has 0 bridgehead atoms. The predicted molar refractivity (Wildman–Crippen MR) is 148 cm³/mol. The number of fused-ring (bicyclic) bond motifs is 1. The number of thioether (sulfide) groups is 2. The smallest absolute Gasteiger partial charge is 0.405 e. The molecule has 36 heavy (non-hydrogen) atoms. The van der Waals surface area contributed by atoms with Gasteiger partial charge in [0.05, 0.1) is 21.2 Å². The lowest BCUT2D eigenvalue weighted by Crippen LogP contribution is -2.50. The number of phenols is 1. The molecule has 3 aromatic carbocycles. The number of nitrogens with one attached hydrogen (secondary N) is 1. The third-order valence-corrected chi connectivity index (χ3v) is 9.70. The molecule has 186 valence electrons. The Balaban J connectivity index is 1.60. The molecule has 0 saturated heterocycles. The van der Waals surface area contributed by atoms with Gasteiger partial charge in [-0.05, 0) is 67.0 Å². The van der Waals surface area contributed by atoms with Crippen molar-refractivity contribution in [1.82, 2.24) is 5.32 Å². The van der Waals surface area contributed by atoms with Crippen molar-refractivity contribution in [2.75, 3.05) is 12.5 Å². The van der Waals surface area contributed by atoms with Crippen molar-refractivity contribution in [1.29, 1.82) is 0 Å². The molecular formula is C29H30N2O3S2. The standard InChI is InChI=1S/C29H30N2O3S2/c1-35-27(36-2)21-13-14-24-23(26(21)32)17-22(18-7-4-3-5-8-18)25(30-24)19-9-11-20(12-10-19)29(15-6-16-29)31-28(33)34/h3-5,7-14,22,25,31-32H,6,15-17H2,1-2H3,(H,33,34). The van der Waals surface area contributed by atoms with Crippen LogP contribution in [0.4, 0.5) is 4.79 Å². The topological polar surface area (TPSA) is 81.9 Å². The minimum atomic E-state index is -0.982. The largest absolute Gasteiger partial charge is 0.507 e. The van der Waals surface area contributed by atoms with E-state index < -0.39 is 11.6 Å². The third kappa shape index (κ3) is 4.50. The highest BCUT2D eigenvalue weighted by atomic mass is 32.2. The molecule has 3 aromatic rings. The van der Waals surface area contributed by atoms with Crippen molar-refractivity contribution in [3.63, 3.8) is 0 Å². The highest BCUT2D eigenvalue weighted by molar-refractivity contribution is 8.29. The highest BCUT2D eigenvalue weighted by Crippen LogP contribution is 2.43. The summed E-state index contributed by atoms with van der Waals surface area (Å²) >= 11 is 3.29. The van der Waals surface area contributed by atoms with E-state index >= 15 is 0 Å². The molecule has 1 aliphatic heterocycles. The average molecular weight is 519 g/mol. The summed E-state index contributed by atoms with van der Waals surface area (Å²) in [6.07, 6.45) is 6.42. The van der Waals surface area contributed by atoms with Crippen LogP contribution in [0, 0.1) is 0 Å². The Morgan fingerprint density at radius 2 is 1.67 bits per heavy atom. The molecule has 2 unspecified atom stereocenters. The monoisotopic (exact) mass is 518 g/mol. The summed E-state index contributed by atoms with van der Waals surface area (Å²) in [5.41, 5.74) is 3.70. The number of rotatable bonds is 6. The van der Waals surface area contributed by atoms with E-state index in [2.05, 4.69) is 41.7 Å². The lowest BCUT2D eigenvalue weighted by Gasteiger charge is -2.42. The van der Waals surface area contributed by atoms with E-state index in [4.69, 9.17) is 4.99 Å². The molecular weight excluding hydrogens is 488 g/mol. The number of nitrogens with zero attached hydrogens (tertiary/aromatic N) is 1. The second kappa shape index (κ2) is 10.2. The minimum absolute atomic E-state index is 0.0764. The van der Waals surface area contributed by atoms with Crippen molar-refractivity contribution >= 4 is 33.9 Å². The van der Waals surface area contributed by atoms with Gasteiger partial charge >= 0.3 is 6.09 Å². The van der Waals surface area contributed by atoms with Gasteiger partial charge in [-0.2, -0.15) is 0 Å². The van der Waals surface area contributed by atoms with E-state index in [-0.39, 0.29) is 12.0 Å². The van der Waals surface area contributed by atoms with Crippen LogP contribution in [0.2, 0.25) is 0 Å². The van der Waals surface area contributed by atoms with Gasteiger partial charge in [-0.1, -0.05) is 54.6 Å². The summed E-state index contributed by atoms with van der Waals surface area (Å²) in [7, 11) is 0. The first-order valence-electron chi connectivity index (χ1n) is 12.1. The van der Waals surface area contributed by atoms with E-state index in [0.717, 1.165) is 50.8 Å². The molecule has 3 N–H and O–H groups in total. The Labute approximate surface area is 219 Å². The molecule has 1 heterocycles. The lowest BCUT2D eigenvalue weighted by atomic mass is 9.71. The fourth-order valence-electron chi connectivity index (χ4n) is 5.51. The molecule has 2 aliphatic rings. The number of hydrogen-bond donors (Lipinski definition) is 3. The van der Waals surface area contributed by atoms with Gasteiger partial charge in [0.25, 0.3) is 0 Å². The number of carboxylic acid groups (broad SMARTS) is 1. The van der Waals surface area contributed by atoms with Crippen LogP contribution in [-0.2, 0) is 12.0 Å².